The van der Waals surface area contributed by atoms with Crippen molar-refractivity contribution < 1.29 is 9.15 Å². The molecule has 2 unspecified atom stereocenters. The topological polar surface area (TPSA) is 34.4 Å². The Balaban J connectivity index is 1.77. The highest BCUT2D eigenvalue weighted by molar-refractivity contribution is 6.29. The van der Waals surface area contributed by atoms with E-state index in [1.165, 1.54) is 12.8 Å². The first kappa shape index (κ1) is 12.9. The van der Waals surface area contributed by atoms with Gasteiger partial charge in [0.2, 0.25) is 0 Å². The summed E-state index contributed by atoms with van der Waals surface area (Å²) in [4.78, 5) is 0. The van der Waals surface area contributed by atoms with Gasteiger partial charge in [-0.25, -0.2) is 0 Å². The van der Waals surface area contributed by atoms with Gasteiger partial charge in [0.1, 0.15) is 0 Å². The van der Waals surface area contributed by atoms with Crippen LogP contribution in [-0.4, -0.2) is 19.8 Å². The molecule has 1 aromatic heterocycles. The third-order valence-electron chi connectivity index (χ3n) is 3.41. The summed E-state index contributed by atoms with van der Waals surface area (Å²) in [5, 5.41) is 3.79. The van der Waals surface area contributed by atoms with Crippen LogP contribution < -0.4 is 5.32 Å². The molecule has 2 heterocycles. The molecule has 0 spiro atoms. The molecule has 0 aliphatic carbocycles. The summed E-state index contributed by atoms with van der Waals surface area (Å²) < 4.78 is 10.7. The predicted octanol–water partition coefficient (Wildman–Crippen LogP) is 3.54. The molecular weight excluding hydrogens is 238 g/mol. The normalized spacial score (nSPS) is 21.9. The van der Waals surface area contributed by atoms with Gasteiger partial charge in [-0.1, -0.05) is 0 Å². The molecule has 1 saturated heterocycles. The van der Waals surface area contributed by atoms with E-state index in [2.05, 4.69) is 5.32 Å². The minimum absolute atomic E-state index is 0.280. The maximum atomic E-state index is 5.99. The third-order valence-corrected chi connectivity index (χ3v) is 3.72. The van der Waals surface area contributed by atoms with E-state index < -0.39 is 0 Å². The second-order valence-corrected chi connectivity index (χ2v) is 4.90. The predicted molar refractivity (Wildman–Crippen MR) is 68.3 cm³/mol. The number of furan rings is 1. The fourth-order valence-corrected chi connectivity index (χ4v) is 2.68. The van der Waals surface area contributed by atoms with E-state index in [9.17, 15) is 0 Å². The van der Waals surface area contributed by atoms with Crippen molar-refractivity contribution in [3.05, 3.63) is 23.1 Å². The minimum Gasteiger partial charge on any atom is -0.453 e. The molecule has 0 saturated carbocycles. The summed E-state index contributed by atoms with van der Waals surface area (Å²) in [6.07, 6.45) is 7.92. The van der Waals surface area contributed by atoms with Gasteiger partial charge in [0.05, 0.1) is 12.4 Å². The SMILES string of the molecule is CNC(CCCC1CCCO1)c1ccoc1Cl. The van der Waals surface area contributed by atoms with Gasteiger partial charge >= 0.3 is 0 Å². The molecule has 1 fully saturated rings. The lowest BCUT2D eigenvalue weighted by atomic mass is 10.0. The zero-order valence-electron chi connectivity index (χ0n) is 10.2. The van der Waals surface area contributed by atoms with Crippen LogP contribution >= 0.6 is 11.6 Å². The Morgan fingerprint density at radius 2 is 2.47 bits per heavy atom. The Labute approximate surface area is 107 Å². The maximum Gasteiger partial charge on any atom is 0.197 e. The molecule has 1 N–H and O–H groups in total. The highest BCUT2D eigenvalue weighted by atomic mass is 35.5. The van der Waals surface area contributed by atoms with E-state index in [4.69, 9.17) is 20.8 Å². The summed E-state index contributed by atoms with van der Waals surface area (Å²) in [6.45, 7) is 0.938. The number of halogens is 1. The van der Waals surface area contributed by atoms with E-state index in [0.717, 1.165) is 31.4 Å². The van der Waals surface area contributed by atoms with Gasteiger partial charge < -0.3 is 14.5 Å². The van der Waals surface area contributed by atoms with Gasteiger partial charge in [0.15, 0.2) is 5.22 Å². The van der Waals surface area contributed by atoms with Crippen molar-refractivity contribution in [2.75, 3.05) is 13.7 Å². The maximum absolute atomic E-state index is 5.99. The molecule has 1 aliphatic heterocycles. The number of ether oxygens (including phenoxy) is 1. The van der Waals surface area contributed by atoms with Crippen LogP contribution in [0.2, 0.25) is 5.22 Å². The molecule has 0 amide bonds. The van der Waals surface area contributed by atoms with Crippen LogP contribution in [0, 0.1) is 0 Å². The third kappa shape index (κ3) is 3.47. The highest BCUT2D eigenvalue weighted by Crippen LogP contribution is 2.28. The van der Waals surface area contributed by atoms with E-state index in [0.29, 0.717) is 11.3 Å². The van der Waals surface area contributed by atoms with Crippen LogP contribution in [0.5, 0.6) is 0 Å². The van der Waals surface area contributed by atoms with Crippen LogP contribution in [0.3, 0.4) is 0 Å². The van der Waals surface area contributed by atoms with Crippen LogP contribution in [0.1, 0.15) is 43.7 Å². The second kappa shape index (κ2) is 6.43. The molecule has 3 nitrogen and oxygen atoms in total. The van der Waals surface area contributed by atoms with Crippen molar-refractivity contribution in [1.29, 1.82) is 0 Å². The summed E-state index contributed by atoms with van der Waals surface area (Å²) >= 11 is 5.99. The first-order chi connectivity index (χ1) is 8.31. The summed E-state index contributed by atoms with van der Waals surface area (Å²) in [7, 11) is 1.96. The minimum atomic E-state index is 0.280. The molecule has 0 bridgehead atoms. The molecule has 2 atom stereocenters. The van der Waals surface area contributed by atoms with Gasteiger partial charge in [-0.05, 0) is 56.8 Å². The van der Waals surface area contributed by atoms with Gasteiger partial charge in [0, 0.05) is 18.2 Å². The number of hydrogen-bond acceptors (Lipinski definition) is 3. The zero-order valence-corrected chi connectivity index (χ0v) is 11.0. The average Bonchev–Trinajstić information content (AvgIpc) is 2.96. The number of rotatable bonds is 6. The van der Waals surface area contributed by atoms with Crippen LogP contribution in [0.15, 0.2) is 16.7 Å². The molecule has 0 aromatic carbocycles. The largest absolute Gasteiger partial charge is 0.453 e. The van der Waals surface area contributed by atoms with Crippen molar-refractivity contribution in [3.63, 3.8) is 0 Å². The highest BCUT2D eigenvalue weighted by Gasteiger charge is 2.18. The zero-order chi connectivity index (χ0) is 12.1. The summed E-state index contributed by atoms with van der Waals surface area (Å²) in [5.74, 6) is 0. The standard InChI is InChI=1S/C13H20ClNO2/c1-15-12(11-7-9-17-13(11)14)6-2-4-10-5-3-8-16-10/h7,9-10,12,15H,2-6,8H2,1H3. The molecule has 96 valence electrons. The fourth-order valence-electron chi connectivity index (χ4n) is 2.43. The quantitative estimate of drug-likeness (QED) is 0.846. The molecule has 1 aromatic rings. The van der Waals surface area contributed by atoms with Crippen LogP contribution in [-0.2, 0) is 4.74 Å². The lowest BCUT2D eigenvalue weighted by Crippen LogP contribution is -2.17. The van der Waals surface area contributed by atoms with Crippen molar-refractivity contribution in [2.24, 2.45) is 0 Å². The van der Waals surface area contributed by atoms with Gasteiger partial charge in [-0.15, -0.1) is 0 Å². The van der Waals surface area contributed by atoms with Gasteiger partial charge in [-0.3, -0.25) is 0 Å². The van der Waals surface area contributed by atoms with Gasteiger partial charge in [-0.2, -0.15) is 0 Å². The summed E-state index contributed by atoms with van der Waals surface area (Å²) in [6, 6.07) is 2.22. The van der Waals surface area contributed by atoms with Crippen LogP contribution in [0.25, 0.3) is 0 Å². The lowest BCUT2D eigenvalue weighted by molar-refractivity contribution is 0.101. The van der Waals surface area contributed by atoms with E-state index in [1.807, 2.05) is 13.1 Å². The Morgan fingerprint density at radius 3 is 3.06 bits per heavy atom. The lowest BCUT2D eigenvalue weighted by Gasteiger charge is -2.16. The molecule has 2 rings (SSSR count). The van der Waals surface area contributed by atoms with E-state index in [-0.39, 0.29) is 6.04 Å². The average molecular weight is 258 g/mol. The van der Waals surface area contributed by atoms with Crippen LogP contribution in [0.4, 0.5) is 0 Å². The molecule has 4 heteroatoms. The number of nitrogens with one attached hydrogen (secondary N) is 1. The van der Waals surface area contributed by atoms with Gasteiger partial charge in [0.25, 0.3) is 0 Å². The van der Waals surface area contributed by atoms with Crippen molar-refractivity contribution in [1.82, 2.24) is 5.32 Å². The van der Waals surface area contributed by atoms with E-state index in [1.54, 1.807) is 6.26 Å². The molecule has 17 heavy (non-hydrogen) atoms. The Kier molecular flexibility index (Phi) is 4.89. The first-order valence-corrected chi connectivity index (χ1v) is 6.71. The Bertz CT molecular complexity index is 334. The first-order valence-electron chi connectivity index (χ1n) is 6.33. The molecular formula is C13H20ClNO2. The van der Waals surface area contributed by atoms with Crippen molar-refractivity contribution >= 4 is 11.6 Å². The van der Waals surface area contributed by atoms with Crippen molar-refractivity contribution in [3.8, 4) is 0 Å². The summed E-state index contributed by atoms with van der Waals surface area (Å²) in [5.41, 5.74) is 1.06. The smallest absolute Gasteiger partial charge is 0.197 e. The van der Waals surface area contributed by atoms with Crippen molar-refractivity contribution in [2.45, 2.75) is 44.2 Å². The van der Waals surface area contributed by atoms with E-state index >= 15 is 0 Å². The second-order valence-electron chi connectivity index (χ2n) is 4.56. The number of hydrogen-bond donors (Lipinski definition) is 1. The molecule has 0 radical (unpaired) electrons. The fraction of sp³-hybridized carbons (Fsp3) is 0.692. The monoisotopic (exact) mass is 257 g/mol. The Hall–Kier alpha value is -0.510. The molecule has 1 aliphatic rings. The Morgan fingerprint density at radius 1 is 1.59 bits per heavy atom.